The largest absolute Gasteiger partial charge is 0.507 e. The summed E-state index contributed by atoms with van der Waals surface area (Å²) in [6, 6.07) is 0. The minimum absolute atomic E-state index is 0.0452. The highest BCUT2D eigenvalue weighted by Gasteiger charge is 2.37. The Labute approximate surface area is 161 Å². The zero-order valence-electron chi connectivity index (χ0n) is 17.0. The number of ketones is 2. The lowest BCUT2D eigenvalue weighted by Gasteiger charge is -2.19. The van der Waals surface area contributed by atoms with Gasteiger partial charge in [0.15, 0.2) is 0 Å². The standard InChI is InChI=1S/C22H30O5/c1-6-7-8-9-16-18(22(26)27-5)19(23)17(21(25)20(16)24)13-12-15(4)11-10-14(2)3/h10,12,23H,6-9,11,13H2,1-5H3/b15-12-. The molecule has 0 aliphatic heterocycles. The quantitative estimate of drug-likeness (QED) is 0.208. The van der Waals surface area contributed by atoms with Gasteiger partial charge in [-0.1, -0.05) is 43.1 Å². The van der Waals surface area contributed by atoms with Crippen molar-refractivity contribution < 1.29 is 24.2 Å². The average molecular weight is 374 g/mol. The zero-order valence-corrected chi connectivity index (χ0v) is 17.0. The minimum atomic E-state index is -0.789. The molecule has 0 bridgehead atoms. The first-order valence-electron chi connectivity index (χ1n) is 9.36. The summed E-state index contributed by atoms with van der Waals surface area (Å²) in [5.74, 6) is -2.67. The normalized spacial score (nSPS) is 15.4. The number of unbranched alkanes of at least 4 members (excludes halogenated alkanes) is 2. The van der Waals surface area contributed by atoms with Crippen LogP contribution >= 0.6 is 0 Å². The highest BCUT2D eigenvalue weighted by molar-refractivity contribution is 6.51. The van der Waals surface area contributed by atoms with Gasteiger partial charge in [0.05, 0.1) is 12.7 Å². The molecule has 1 aliphatic carbocycles. The molecular weight excluding hydrogens is 344 g/mol. The van der Waals surface area contributed by atoms with Crippen LogP contribution in [0.5, 0.6) is 0 Å². The number of methoxy groups -OCH3 is 1. The van der Waals surface area contributed by atoms with Gasteiger partial charge in [0, 0.05) is 5.57 Å². The van der Waals surface area contributed by atoms with E-state index in [1.54, 1.807) is 6.08 Å². The van der Waals surface area contributed by atoms with Gasteiger partial charge >= 0.3 is 5.97 Å². The summed E-state index contributed by atoms with van der Waals surface area (Å²) in [6.07, 6.45) is 7.41. The van der Waals surface area contributed by atoms with E-state index >= 15 is 0 Å². The molecule has 0 radical (unpaired) electrons. The molecule has 0 amide bonds. The molecule has 0 spiro atoms. The molecule has 1 rings (SSSR count). The van der Waals surface area contributed by atoms with Crippen LogP contribution in [0.15, 0.2) is 45.8 Å². The Morgan fingerprint density at radius 2 is 1.67 bits per heavy atom. The first kappa shape index (κ1) is 22.6. The number of aliphatic hydroxyl groups is 1. The second-order valence-electron chi connectivity index (χ2n) is 7.03. The molecule has 5 heteroatoms. The summed E-state index contributed by atoms with van der Waals surface area (Å²) in [7, 11) is 1.19. The lowest BCUT2D eigenvalue weighted by Crippen LogP contribution is -2.29. The third kappa shape index (κ3) is 6.05. The molecule has 0 saturated heterocycles. The van der Waals surface area contributed by atoms with Crippen LogP contribution in [0.25, 0.3) is 0 Å². The van der Waals surface area contributed by atoms with Gasteiger partial charge in [-0.3, -0.25) is 9.59 Å². The van der Waals surface area contributed by atoms with E-state index in [2.05, 4.69) is 6.08 Å². The molecule has 5 nitrogen and oxygen atoms in total. The molecule has 148 valence electrons. The van der Waals surface area contributed by atoms with Crippen LogP contribution in [0.1, 0.15) is 66.2 Å². The fourth-order valence-electron chi connectivity index (χ4n) is 2.82. The summed E-state index contributed by atoms with van der Waals surface area (Å²) >= 11 is 0. The van der Waals surface area contributed by atoms with Crippen LogP contribution in [0.2, 0.25) is 0 Å². The van der Waals surface area contributed by atoms with Crippen LogP contribution in [-0.2, 0) is 19.1 Å². The van der Waals surface area contributed by atoms with Crippen molar-refractivity contribution in [1.29, 1.82) is 0 Å². The van der Waals surface area contributed by atoms with E-state index in [4.69, 9.17) is 4.74 Å². The van der Waals surface area contributed by atoms with Gasteiger partial charge < -0.3 is 9.84 Å². The molecule has 1 aliphatic rings. The lowest BCUT2D eigenvalue weighted by atomic mass is 9.84. The van der Waals surface area contributed by atoms with E-state index in [1.165, 1.54) is 12.7 Å². The Morgan fingerprint density at radius 3 is 2.22 bits per heavy atom. The molecule has 1 N–H and O–H groups in total. The van der Waals surface area contributed by atoms with Crippen LogP contribution < -0.4 is 0 Å². The van der Waals surface area contributed by atoms with Crippen molar-refractivity contribution in [2.75, 3.05) is 7.11 Å². The Kier molecular flexibility index (Phi) is 8.92. The van der Waals surface area contributed by atoms with Gasteiger partial charge in [0.2, 0.25) is 11.6 Å². The minimum Gasteiger partial charge on any atom is -0.507 e. The molecule has 0 aromatic heterocycles. The van der Waals surface area contributed by atoms with Gasteiger partial charge in [0.25, 0.3) is 0 Å². The van der Waals surface area contributed by atoms with Gasteiger partial charge in [-0.15, -0.1) is 0 Å². The SMILES string of the molecule is CCCCCC1=C(C(=O)OC)C(O)=C(C/C=C(/C)CC=C(C)C)C(=O)C1=O. The molecule has 0 heterocycles. The fourth-order valence-corrected chi connectivity index (χ4v) is 2.82. The summed E-state index contributed by atoms with van der Waals surface area (Å²) in [4.78, 5) is 37.3. The van der Waals surface area contributed by atoms with Crippen molar-refractivity contribution in [1.82, 2.24) is 0 Å². The number of hydrogen-bond donors (Lipinski definition) is 1. The summed E-state index contributed by atoms with van der Waals surface area (Å²) in [5.41, 5.74) is 2.04. The van der Waals surface area contributed by atoms with Gasteiger partial charge in [-0.2, -0.15) is 0 Å². The highest BCUT2D eigenvalue weighted by Crippen LogP contribution is 2.31. The van der Waals surface area contributed by atoms with E-state index in [9.17, 15) is 19.5 Å². The monoisotopic (exact) mass is 374 g/mol. The zero-order chi connectivity index (χ0) is 20.6. The Hall–Kier alpha value is -2.43. The van der Waals surface area contributed by atoms with E-state index in [0.29, 0.717) is 6.42 Å². The van der Waals surface area contributed by atoms with Gasteiger partial charge in [-0.05, 0) is 46.5 Å². The van der Waals surface area contributed by atoms with Gasteiger partial charge in [0.1, 0.15) is 11.3 Å². The van der Waals surface area contributed by atoms with Crippen LogP contribution in [0.3, 0.4) is 0 Å². The van der Waals surface area contributed by atoms with Crippen LogP contribution in [0.4, 0.5) is 0 Å². The first-order chi connectivity index (χ1) is 12.7. The van der Waals surface area contributed by atoms with Crippen LogP contribution in [-0.4, -0.2) is 29.8 Å². The first-order valence-corrected chi connectivity index (χ1v) is 9.36. The number of aliphatic hydroxyl groups excluding tert-OH is 1. The number of hydrogen-bond acceptors (Lipinski definition) is 5. The molecule has 27 heavy (non-hydrogen) atoms. The third-order valence-electron chi connectivity index (χ3n) is 4.49. The predicted molar refractivity (Wildman–Crippen MR) is 105 cm³/mol. The number of carbonyl (C=O) groups excluding carboxylic acids is 3. The molecule has 0 unspecified atom stereocenters. The van der Waals surface area contributed by atoms with Crippen molar-refractivity contribution in [2.45, 2.75) is 66.2 Å². The molecule has 0 aromatic rings. The predicted octanol–water partition coefficient (Wildman–Crippen LogP) is 4.69. The molecule has 0 atom stereocenters. The van der Waals surface area contributed by atoms with Crippen molar-refractivity contribution >= 4 is 17.5 Å². The second-order valence-corrected chi connectivity index (χ2v) is 7.03. The topological polar surface area (TPSA) is 80.7 Å². The number of ether oxygens (including phenoxy) is 1. The second kappa shape index (κ2) is 10.7. The fraction of sp³-hybridized carbons (Fsp3) is 0.500. The number of Topliss-reactive ketones (excluding diaryl/α,β-unsaturated/α-hetero) is 2. The summed E-state index contributed by atoms with van der Waals surface area (Å²) < 4.78 is 4.74. The smallest absolute Gasteiger partial charge is 0.342 e. The third-order valence-corrected chi connectivity index (χ3v) is 4.49. The average Bonchev–Trinajstić information content (AvgIpc) is 2.63. The van der Waals surface area contributed by atoms with Crippen molar-refractivity contribution in [3.63, 3.8) is 0 Å². The van der Waals surface area contributed by atoms with Crippen molar-refractivity contribution in [2.24, 2.45) is 0 Å². The Morgan fingerprint density at radius 1 is 1.04 bits per heavy atom. The highest BCUT2D eigenvalue weighted by atomic mass is 16.5. The van der Waals surface area contributed by atoms with Gasteiger partial charge in [-0.25, -0.2) is 4.79 Å². The van der Waals surface area contributed by atoms with E-state index < -0.39 is 23.3 Å². The number of allylic oxidation sites excluding steroid dienone is 6. The maximum absolute atomic E-state index is 12.6. The summed E-state index contributed by atoms with van der Waals surface area (Å²) in [6.45, 7) is 7.93. The molecule has 0 aromatic carbocycles. The van der Waals surface area contributed by atoms with Crippen molar-refractivity contribution in [3.8, 4) is 0 Å². The maximum Gasteiger partial charge on any atom is 0.342 e. The molecule has 0 saturated carbocycles. The Bertz CT molecular complexity index is 728. The maximum atomic E-state index is 12.6. The Balaban J connectivity index is 3.26. The van der Waals surface area contributed by atoms with E-state index in [1.807, 2.05) is 27.7 Å². The van der Waals surface area contributed by atoms with Crippen molar-refractivity contribution in [3.05, 3.63) is 45.8 Å². The van der Waals surface area contributed by atoms with E-state index in [0.717, 1.165) is 24.8 Å². The number of carbonyl (C=O) groups is 3. The molecule has 0 fully saturated rings. The van der Waals surface area contributed by atoms with E-state index in [-0.39, 0.29) is 29.6 Å². The van der Waals surface area contributed by atoms with Crippen LogP contribution in [0, 0.1) is 0 Å². The lowest BCUT2D eigenvalue weighted by molar-refractivity contribution is -0.137. The molecular formula is C22H30O5. The summed E-state index contributed by atoms with van der Waals surface area (Å²) in [5, 5.41) is 10.6. The number of rotatable bonds is 9. The number of esters is 1.